The second-order valence-electron chi connectivity index (χ2n) is 2.07. The molecule has 0 amide bonds. The van der Waals surface area contributed by atoms with Crippen molar-refractivity contribution in [2.75, 3.05) is 0 Å². The van der Waals surface area contributed by atoms with Crippen LogP contribution in [0.15, 0.2) is 0 Å². The molecule has 0 radical (unpaired) electrons. The van der Waals surface area contributed by atoms with Gasteiger partial charge in [-0.1, -0.05) is 0 Å². The molecular formula is C4H6F3N. The molecule has 0 aromatic carbocycles. The molecule has 1 nitrogen and oxygen atoms in total. The molecule has 1 atom stereocenters. The van der Waals surface area contributed by atoms with Crippen LogP contribution in [0.5, 0.6) is 0 Å². The Morgan fingerprint density at radius 2 is 1.50 bits per heavy atom. The Hall–Kier alpha value is -0.250. The zero-order valence-corrected chi connectivity index (χ0v) is 4.13. The van der Waals surface area contributed by atoms with Crippen molar-refractivity contribution < 1.29 is 13.2 Å². The monoisotopic (exact) mass is 125 g/mol. The molecule has 48 valence electrons. The van der Waals surface area contributed by atoms with Crippen LogP contribution in [0.2, 0.25) is 0 Å². The lowest BCUT2D eigenvalue weighted by molar-refractivity contribution is -0.207. The average molecular weight is 125 g/mol. The van der Waals surface area contributed by atoms with E-state index in [4.69, 9.17) is 0 Å². The van der Waals surface area contributed by atoms with Gasteiger partial charge in [-0.2, -0.15) is 0 Å². The molecule has 0 saturated heterocycles. The second-order valence-corrected chi connectivity index (χ2v) is 2.07. The molecule has 4 heteroatoms. The Morgan fingerprint density at radius 1 is 1.12 bits per heavy atom. The number of rotatable bonds is 0. The molecule has 1 saturated carbocycles. The Bertz CT molecular complexity index is 95.9. The Kier molecular flexibility index (Phi) is 0.867. The zero-order chi connectivity index (χ0) is 6.41. The van der Waals surface area contributed by atoms with Crippen LogP contribution in [-0.4, -0.2) is 11.7 Å². The summed E-state index contributed by atoms with van der Waals surface area (Å²) in [6.45, 7) is 0. The van der Waals surface area contributed by atoms with E-state index in [1.165, 1.54) is 0 Å². The Labute approximate surface area is 44.7 Å². The average Bonchev–Trinajstić information content (AvgIpc) is 1.64. The van der Waals surface area contributed by atoms with Crippen molar-refractivity contribution in [3.63, 3.8) is 0 Å². The van der Waals surface area contributed by atoms with Gasteiger partial charge in [0, 0.05) is 12.8 Å². The summed E-state index contributed by atoms with van der Waals surface area (Å²) in [7, 11) is 0. The first-order valence-electron chi connectivity index (χ1n) is 2.31. The molecule has 0 aliphatic heterocycles. The first kappa shape index (κ1) is 5.88. The van der Waals surface area contributed by atoms with Crippen LogP contribution in [0.4, 0.5) is 13.2 Å². The van der Waals surface area contributed by atoms with E-state index >= 15 is 0 Å². The van der Waals surface area contributed by atoms with Gasteiger partial charge in [-0.15, -0.1) is 0 Å². The SMILES string of the molecule is NC1(F)CCC1(F)F. The lowest BCUT2D eigenvalue weighted by Crippen LogP contribution is -2.60. The molecule has 1 fully saturated rings. The minimum Gasteiger partial charge on any atom is -0.294 e. The third kappa shape index (κ3) is 0.523. The molecule has 0 heterocycles. The van der Waals surface area contributed by atoms with Crippen LogP contribution >= 0.6 is 0 Å². The van der Waals surface area contributed by atoms with Crippen molar-refractivity contribution >= 4 is 0 Å². The number of halogens is 3. The molecule has 0 bridgehead atoms. The molecule has 1 unspecified atom stereocenters. The van der Waals surface area contributed by atoms with E-state index in [1.807, 2.05) is 0 Å². The maximum Gasteiger partial charge on any atom is 0.294 e. The van der Waals surface area contributed by atoms with Crippen LogP contribution in [0, 0.1) is 0 Å². The van der Waals surface area contributed by atoms with Crippen LogP contribution in [-0.2, 0) is 0 Å². The maximum atomic E-state index is 12.0. The fourth-order valence-electron chi connectivity index (χ4n) is 0.553. The fourth-order valence-corrected chi connectivity index (χ4v) is 0.553. The topological polar surface area (TPSA) is 26.0 Å². The van der Waals surface area contributed by atoms with Crippen molar-refractivity contribution in [1.82, 2.24) is 0 Å². The lowest BCUT2D eigenvalue weighted by atomic mass is 9.86. The van der Waals surface area contributed by atoms with Gasteiger partial charge in [0.1, 0.15) is 0 Å². The predicted molar refractivity (Wildman–Crippen MR) is 22.2 cm³/mol. The first-order valence-corrected chi connectivity index (χ1v) is 2.31. The molecule has 0 spiro atoms. The number of hydrogen-bond donors (Lipinski definition) is 1. The Balaban J connectivity index is 2.63. The van der Waals surface area contributed by atoms with Gasteiger partial charge < -0.3 is 0 Å². The van der Waals surface area contributed by atoms with Gasteiger partial charge in [-0.25, -0.2) is 13.2 Å². The highest BCUT2D eigenvalue weighted by Crippen LogP contribution is 2.45. The lowest BCUT2D eigenvalue weighted by Gasteiger charge is -2.38. The summed E-state index contributed by atoms with van der Waals surface area (Å²) < 4.78 is 35.6. The predicted octanol–water partition coefficient (Wildman–Crippen LogP) is 1.04. The van der Waals surface area contributed by atoms with Gasteiger partial charge in [0.2, 0.25) is 5.79 Å². The molecule has 2 N–H and O–H groups in total. The maximum absolute atomic E-state index is 12.0. The van der Waals surface area contributed by atoms with Crippen LogP contribution in [0.3, 0.4) is 0 Å². The summed E-state index contributed by atoms with van der Waals surface area (Å²) in [5.74, 6) is -5.99. The number of alkyl halides is 3. The van der Waals surface area contributed by atoms with Gasteiger partial charge in [0.25, 0.3) is 5.92 Å². The van der Waals surface area contributed by atoms with Crippen LogP contribution < -0.4 is 5.73 Å². The highest BCUT2D eigenvalue weighted by Gasteiger charge is 2.60. The highest BCUT2D eigenvalue weighted by molar-refractivity contribution is 4.98. The van der Waals surface area contributed by atoms with Gasteiger partial charge in [-0.05, 0) is 0 Å². The normalized spacial score (nSPS) is 43.5. The van der Waals surface area contributed by atoms with Crippen molar-refractivity contribution in [2.24, 2.45) is 5.73 Å². The summed E-state index contributed by atoms with van der Waals surface area (Å²) in [5, 5.41) is 0. The molecular weight excluding hydrogens is 119 g/mol. The Morgan fingerprint density at radius 3 is 1.50 bits per heavy atom. The molecule has 1 aliphatic carbocycles. The van der Waals surface area contributed by atoms with E-state index in [-0.39, 0.29) is 6.42 Å². The standard InChI is InChI=1S/C4H6F3N/c5-3(6)1-2-4(3,7)8/h1-2,8H2. The zero-order valence-electron chi connectivity index (χ0n) is 4.13. The molecule has 0 aromatic rings. The molecule has 1 aliphatic rings. The summed E-state index contributed by atoms with van der Waals surface area (Å²) in [5.41, 5.74) is 4.48. The summed E-state index contributed by atoms with van der Waals surface area (Å²) in [6.07, 6.45) is -0.639. The van der Waals surface area contributed by atoms with Crippen molar-refractivity contribution in [3.05, 3.63) is 0 Å². The molecule has 8 heavy (non-hydrogen) atoms. The third-order valence-electron chi connectivity index (χ3n) is 1.41. The van der Waals surface area contributed by atoms with E-state index < -0.39 is 18.1 Å². The third-order valence-corrected chi connectivity index (χ3v) is 1.41. The fraction of sp³-hybridized carbons (Fsp3) is 1.00. The van der Waals surface area contributed by atoms with E-state index in [1.54, 1.807) is 0 Å². The second kappa shape index (κ2) is 1.18. The smallest absolute Gasteiger partial charge is 0.294 e. The summed E-state index contributed by atoms with van der Waals surface area (Å²) in [4.78, 5) is 0. The van der Waals surface area contributed by atoms with E-state index in [2.05, 4.69) is 5.73 Å². The van der Waals surface area contributed by atoms with Gasteiger partial charge in [-0.3, -0.25) is 5.73 Å². The van der Waals surface area contributed by atoms with Gasteiger partial charge >= 0.3 is 0 Å². The van der Waals surface area contributed by atoms with Crippen LogP contribution in [0.1, 0.15) is 12.8 Å². The molecule has 1 rings (SSSR count). The van der Waals surface area contributed by atoms with Crippen molar-refractivity contribution in [2.45, 2.75) is 24.6 Å². The number of nitrogens with two attached hydrogens (primary N) is 1. The van der Waals surface area contributed by atoms with Crippen molar-refractivity contribution in [1.29, 1.82) is 0 Å². The minimum atomic E-state index is -3.27. The highest BCUT2D eigenvalue weighted by atomic mass is 19.3. The van der Waals surface area contributed by atoms with Crippen LogP contribution in [0.25, 0.3) is 0 Å². The van der Waals surface area contributed by atoms with Gasteiger partial charge in [0.15, 0.2) is 0 Å². The quantitative estimate of drug-likeness (QED) is 0.481. The van der Waals surface area contributed by atoms with E-state index in [9.17, 15) is 13.2 Å². The minimum absolute atomic E-state index is 0.222. The number of hydrogen-bond acceptors (Lipinski definition) is 1. The van der Waals surface area contributed by atoms with E-state index in [0.29, 0.717) is 0 Å². The summed E-state index contributed by atoms with van der Waals surface area (Å²) >= 11 is 0. The van der Waals surface area contributed by atoms with E-state index in [0.717, 1.165) is 0 Å². The van der Waals surface area contributed by atoms with Crippen molar-refractivity contribution in [3.8, 4) is 0 Å². The summed E-state index contributed by atoms with van der Waals surface area (Å²) in [6, 6.07) is 0. The van der Waals surface area contributed by atoms with Gasteiger partial charge in [0.05, 0.1) is 0 Å². The largest absolute Gasteiger partial charge is 0.294 e. The first-order chi connectivity index (χ1) is 3.46. The molecule has 0 aromatic heterocycles.